The van der Waals surface area contributed by atoms with Crippen LogP contribution in [-0.4, -0.2) is 19.1 Å². The van der Waals surface area contributed by atoms with Gasteiger partial charge in [-0.25, -0.2) is 0 Å². The fourth-order valence-electron chi connectivity index (χ4n) is 2.17. The molecule has 1 amide bonds. The number of hydrogen-bond acceptors (Lipinski definition) is 3. The number of halogens is 2. The van der Waals surface area contributed by atoms with Crippen LogP contribution in [0.15, 0.2) is 36.4 Å². The van der Waals surface area contributed by atoms with Gasteiger partial charge in [0.2, 0.25) is 0 Å². The average molecular weight is 368 g/mol. The van der Waals surface area contributed by atoms with E-state index in [1.54, 1.807) is 36.4 Å². The number of rotatable bonds is 7. The molecule has 0 fully saturated rings. The van der Waals surface area contributed by atoms with Gasteiger partial charge in [-0.15, -0.1) is 0 Å². The summed E-state index contributed by atoms with van der Waals surface area (Å²) in [6.07, 6.45) is 0. The predicted octanol–water partition coefficient (Wildman–Crippen LogP) is 5.18. The molecule has 2 rings (SSSR count). The largest absolute Gasteiger partial charge is 0.494 e. The number of benzene rings is 2. The Balaban J connectivity index is 2.21. The SMILES string of the molecule is CCOCc1cc(C(=O)Nc2cc(Cl)cc(Cl)c2)ccc1OCC. The number of ether oxygens (including phenoxy) is 2. The van der Waals surface area contributed by atoms with Crippen molar-refractivity contribution in [3.8, 4) is 5.75 Å². The van der Waals surface area contributed by atoms with Crippen molar-refractivity contribution in [2.24, 2.45) is 0 Å². The monoisotopic (exact) mass is 367 g/mol. The summed E-state index contributed by atoms with van der Waals surface area (Å²) >= 11 is 11.9. The Morgan fingerprint density at radius 1 is 1.04 bits per heavy atom. The Hall–Kier alpha value is -1.75. The van der Waals surface area contributed by atoms with Gasteiger partial charge in [-0.2, -0.15) is 0 Å². The van der Waals surface area contributed by atoms with Crippen LogP contribution in [-0.2, 0) is 11.3 Å². The van der Waals surface area contributed by atoms with E-state index in [0.29, 0.717) is 46.9 Å². The van der Waals surface area contributed by atoms with E-state index in [-0.39, 0.29) is 5.91 Å². The van der Waals surface area contributed by atoms with Crippen molar-refractivity contribution in [2.75, 3.05) is 18.5 Å². The Bertz CT molecular complexity index is 699. The second kappa shape index (κ2) is 8.92. The normalized spacial score (nSPS) is 10.5. The van der Waals surface area contributed by atoms with Crippen LogP contribution in [0.4, 0.5) is 5.69 Å². The molecule has 2 aromatic rings. The third-order valence-corrected chi connectivity index (χ3v) is 3.64. The molecule has 0 bridgehead atoms. The standard InChI is InChI=1S/C18H19Cl2NO3/c1-3-23-11-13-7-12(5-6-17(13)24-4-2)18(22)21-16-9-14(19)8-15(20)10-16/h5-10H,3-4,11H2,1-2H3,(H,21,22). The molecule has 0 spiro atoms. The second-order valence-electron chi connectivity index (χ2n) is 5.00. The lowest BCUT2D eigenvalue weighted by Gasteiger charge is -2.12. The first kappa shape index (κ1) is 18.6. The molecule has 24 heavy (non-hydrogen) atoms. The molecular weight excluding hydrogens is 349 g/mol. The van der Waals surface area contributed by atoms with Crippen molar-refractivity contribution in [2.45, 2.75) is 20.5 Å². The molecule has 0 aliphatic rings. The molecule has 0 saturated carbocycles. The maximum Gasteiger partial charge on any atom is 0.255 e. The van der Waals surface area contributed by atoms with Gasteiger partial charge < -0.3 is 14.8 Å². The van der Waals surface area contributed by atoms with Gasteiger partial charge in [-0.1, -0.05) is 23.2 Å². The third kappa shape index (κ3) is 5.13. The average Bonchev–Trinajstić information content (AvgIpc) is 2.53. The van der Waals surface area contributed by atoms with Crippen LogP contribution in [0.2, 0.25) is 10.0 Å². The van der Waals surface area contributed by atoms with E-state index >= 15 is 0 Å². The highest BCUT2D eigenvalue weighted by Crippen LogP contribution is 2.25. The van der Waals surface area contributed by atoms with Gasteiger partial charge in [-0.3, -0.25) is 4.79 Å². The van der Waals surface area contributed by atoms with Crippen LogP contribution in [0.3, 0.4) is 0 Å². The molecule has 0 radical (unpaired) electrons. The summed E-state index contributed by atoms with van der Waals surface area (Å²) in [6, 6.07) is 10.1. The van der Waals surface area contributed by atoms with E-state index in [9.17, 15) is 4.79 Å². The zero-order valence-corrected chi connectivity index (χ0v) is 15.1. The minimum Gasteiger partial charge on any atom is -0.494 e. The second-order valence-corrected chi connectivity index (χ2v) is 5.88. The van der Waals surface area contributed by atoms with Gasteiger partial charge >= 0.3 is 0 Å². The van der Waals surface area contributed by atoms with Crippen molar-refractivity contribution >= 4 is 34.8 Å². The summed E-state index contributed by atoms with van der Waals surface area (Å²) in [7, 11) is 0. The van der Waals surface area contributed by atoms with Crippen LogP contribution in [0.25, 0.3) is 0 Å². The van der Waals surface area contributed by atoms with E-state index in [1.807, 2.05) is 13.8 Å². The number of anilines is 1. The summed E-state index contributed by atoms with van der Waals surface area (Å²) in [5.74, 6) is 0.461. The molecule has 0 heterocycles. The first-order valence-corrected chi connectivity index (χ1v) is 8.40. The number of amides is 1. The Labute approximate surface area is 151 Å². The third-order valence-electron chi connectivity index (χ3n) is 3.20. The Kier molecular flexibility index (Phi) is 6.91. The molecule has 0 aliphatic carbocycles. The number of hydrogen-bond donors (Lipinski definition) is 1. The van der Waals surface area contributed by atoms with Crippen molar-refractivity contribution in [1.82, 2.24) is 0 Å². The minimum absolute atomic E-state index is 0.255. The number of carbonyl (C=O) groups excluding carboxylic acids is 1. The quantitative estimate of drug-likeness (QED) is 0.733. The van der Waals surface area contributed by atoms with Crippen LogP contribution in [0, 0.1) is 0 Å². The fraction of sp³-hybridized carbons (Fsp3) is 0.278. The van der Waals surface area contributed by atoms with Gasteiger partial charge in [0.15, 0.2) is 0 Å². The summed E-state index contributed by atoms with van der Waals surface area (Å²) in [4.78, 5) is 12.5. The van der Waals surface area contributed by atoms with Gasteiger partial charge in [0.05, 0.1) is 13.2 Å². The van der Waals surface area contributed by atoms with Crippen molar-refractivity contribution in [3.63, 3.8) is 0 Å². The van der Waals surface area contributed by atoms with E-state index in [1.165, 1.54) is 0 Å². The number of nitrogens with one attached hydrogen (secondary N) is 1. The Morgan fingerprint density at radius 2 is 1.75 bits per heavy atom. The van der Waals surface area contributed by atoms with Crippen molar-refractivity contribution < 1.29 is 14.3 Å². The molecule has 0 aliphatic heterocycles. The van der Waals surface area contributed by atoms with Crippen LogP contribution in [0.5, 0.6) is 5.75 Å². The van der Waals surface area contributed by atoms with Crippen LogP contribution < -0.4 is 10.1 Å². The first-order chi connectivity index (χ1) is 11.5. The van der Waals surface area contributed by atoms with Gasteiger partial charge in [0.1, 0.15) is 5.75 Å². The Morgan fingerprint density at radius 3 is 2.38 bits per heavy atom. The lowest BCUT2D eigenvalue weighted by Crippen LogP contribution is -2.13. The molecule has 0 saturated heterocycles. The highest BCUT2D eigenvalue weighted by Gasteiger charge is 2.12. The van der Waals surface area contributed by atoms with Crippen molar-refractivity contribution in [1.29, 1.82) is 0 Å². The molecule has 0 aromatic heterocycles. The fourth-order valence-corrected chi connectivity index (χ4v) is 2.70. The maximum absolute atomic E-state index is 12.5. The molecule has 4 nitrogen and oxygen atoms in total. The molecular formula is C18H19Cl2NO3. The molecule has 1 N–H and O–H groups in total. The summed E-state index contributed by atoms with van der Waals surface area (Å²) in [5, 5.41) is 3.70. The molecule has 128 valence electrons. The molecule has 0 atom stereocenters. The molecule has 2 aromatic carbocycles. The van der Waals surface area contributed by atoms with Crippen molar-refractivity contribution in [3.05, 3.63) is 57.6 Å². The summed E-state index contributed by atoms with van der Waals surface area (Å²) < 4.78 is 11.0. The zero-order chi connectivity index (χ0) is 17.5. The van der Waals surface area contributed by atoms with Gasteiger partial charge in [-0.05, 0) is 50.2 Å². The highest BCUT2D eigenvalue weighted by molar-refractivity contribution is 6.35. The smallest absolute Gasteiger partial charge is 0.255 e. The van der Waals surface area contributed by atoms with E-state index in [2.05, 4.69) is 5.32 Å². The molecule has 6 heteroatoms. The van der Waals surface area contributed by atoms with Crippen LogP contribution in [0.1, 0.15) is 29.8 Å². The molecule has 0 unspecified atom stereocenters. The first-order valence-electron chi connectivity index (χ1n) is 7.64. The highest BCUT2D eigenvalue weighted by atomic mass is 35.5. The number of carbonyl (C=O) groups is 1. The summed E-state index contributed by atoms with van der Waals surface area (Å²) in [5.41, 5.74) is 1.87. The lowest BCUT2D eigenvalue weighted by molar-refractivity contribution is 0.102. The topological polar surface area (TPSA) is 47.6 Å². The minimum atomic E-state index is -0.255. The van der Waals surface area contributed by atoms with Gasteiger partial charge in [0.25, 0.3) is 5.91 Å². The van der Waals surface area contributed by atoms with E-state index in [0.717, 1.165) is 5.56 Å². The van der Waals surface area contributed by atoms with E-state index < -0.39 is 0 Å². The van der Waals surface area contributed by atoms with Crippen LogP contribution >= 0.6 is 23.2 Å². The summed E-state index contributed by atoms with van der Waals surface area (Å²) in [6.45, 7) is 5.35. The van der Waals surface area contributed by atoms with E-state index in [4.69, 9.17) is 32.7 Å². The maximum atomic E-state index is 12.5. The van der Waals surface area contributed by atoms with Gasteiger partial charge in [0, 0.05) is 33.5 Å². The zero-order valence-electron chi connectivity index (χ0n) is 13.6. The lowest BCUT2D eigenvalue weighted by atomic mass is 10.1. The predicted molar refractivity (Wildman–Crippen MR) is 97.4 cm³/mol.